The lowest BCUT2D eigenvalue weighted by Gasteiger charge is -2.36. The van der Waals surface area contributed by atoms with Crippen LogP contribution in [0.25, 0.3) is 0 Å². The van der Waals surface area contributed by atoms with E-state index in [1.165, 1.54) is 24.3 Å². The lowest BCUT2D eigenvalue weighted by atomic mass is 9.78. The Morgan fingerprint density at radius 3 is 1.83 bits per heavy atom. The van der Waals surface area contributed by atoms with Crippen LogP contribution in [-0.4, -0.2) is 52.4 Å². The third kappa shape index (κ3) is 4.08. The molecule has 12 heteroatoms. The van der Waals surface area contributed by atoms with Crippen molar-refractivity contribution in [1.82, 2.24) is 0 Å². The highest BCUT2D eigenvalue weighted by Crippen LogP contribution is 2.55. The van der Waals surface area contributed by atoms with Gasteiger partial charge in [0.15, 0.2) is 57.6 Å². The molecular weight excluding hydrogens is 552 g/mol. The van der Waals surface area contributed by atoms with Crippen LogP contribution in [0.5, 0.6) is 57.5 Å². The summed E-state index contributed by atoms with van der Waals surface area (Å²) in [4.78, 5) is 27.4. The smallest absolute Gasteiger partial charge is 0.178 e. The molecule has 42 heavy (non-hydrogen) atoms. The Labute approximate surface area is 236 Å². The maximum atomic E-state index is 14.1. The number of ketones is 2. The van der Waals surface area contributed by atoms with Crippen LogP contribution in [-0.2, 0) is 0 Å². The number of ether oxygens (including phenoxy) is 2. The average molecular weight is 574 g/mol. The van der Waals surface area contributed by atoms with Crippen molar-refractivity contribution < 1.29 is 59.9 Å². The first-order chi connectivity index (χ1) is 19.9. The summed E-state index contributed by atoms with van der Waals surface area (Å²) in [5.41, 5.74) is -0.278. The van der Waals surface area contributed by atoms with Crippen LogP contribution in [0.2, 0.25) is 0 Å². The van der Waals surface area contributed by atoms with Crippen LogP contribution in [0.1, 0.15) is 62.0 Å². The van der Waals surface area contributed by atoms with Crippen molar-refractivity contribution in [1.29, 1.82) is 0 Å². The first kappa shape index (κ1) is 26.4. The molecule has 0 bridgehead atoms. The fraction of sp³-hybridized carbons (Fsp3) is 0.133. The van der Waals surface area contributed by atoms with E-state index in [-0.39, 0.29) is 40.2 Å². The van der Waals surface area contributed by atoms with Gasteiger partial charge in [-0.3, -0.25) is 9.59 Å². The Hall–Kier alpha value is -5.78. The number of phenols is 8. The average Bonchev–Trinajstić information content (AvgIpc) is 2.94. The van der Waals surface area contributed by atoms with Crippen molar-refractivity contribution in [2.45, 2.75) is 24.5 Å². The highest BCUT2D eigenvalue weighted by atomic mass is 16.5. The molecule has 0 unspecified atom stereocenters. The Bertz CT molecular complexity index is 1810. The summed E-state index contributed by atoms with van der Waals surface area (Å²) in [5, 5.41) is 81.7. The predicted octanol–water partition coefficient (Wildman–Crippen LogP) is 4.14. The largest absolute Gasteiger partial charge is 0.504 e. The minimum absolute atomic E-state index is 0.125. The molecule has 0 aliphatic carbocycles. The summed E-state index contributed by atoms with van der Waals surface area (Å²) in [5.74, 6) is -7.92. The monoisotopic (exact) mass is 574 g/mol. The minimum atomic E-state index is -1.56. The molecule has 8 N–H and O–H groups in total. The molecular formula is C30H22O12. The molecule has 0 amide bonds. The summed E-state index contributed by atoms with van der Waals surface area (Å²) < 4.78 is 12.2. The van der Waals surface area contributed by atoms with E-state index in [0.29, 0.717) is 5.56 Å². The Morgan fingerprint density at radius 1 is 0.595 bits per heavy atom. The molecule has 4 aromatic rings. The number of carbonyl (C=O) groups is 2. The number of phenolic OH excluding ortho intramolecular Hbond substituents is 8. The van der Waals surface area contributed by atoms with Gasteiger partial charge in [0.25, 0.3) is 0 Å². The summed E-state index contributed by atoms with van der Waals surface area (Å²) in [7, 11) is 0. The van der Waals surface area contributed by atoms with E-state index < -0.39 is 75.7 Å². The molecule has 0 fully saturated rings. The Morgan fingerprint density at radius 2 is 1.17 bits per heavy atom. The molecule has 0 radical (unpaired) electrons. The summed E-state index contributed by atoms with van der Waals surface area (Å²) in [6.07, 6.45) is -2.67. The molecule has 2 heterocycles. The zero-order valence-electron chi connectivity index (χ0n) is 21.3. The van der Waals surface area contributed by atoms with Crippen LogP contribution in [0, 0.1) is 0 Å². The minimum Gasteiger partial charge on any atom is -0.504 e. The van der Waals surface area contributed by atoms with E-state index in [0.717, 1.165) is 30.3 Å². The van der Waals surface area contributed by atoms with Gasteiger partial charge in [0.2, 0.25) is 0 Å². The second-order valence-electron chi connectivity index (χ2n) is 9.98. The van der Waals surface area contributed by atoms with Crippen molar-refractivity contribution in [3.8, 4) is 57.5 Å². The molecule has 0 spiro atoms. The van der Waals surface area contributed by atoms with Crippen LogP contribution in [0.3, 0.4) is 0 Å². The van der Waals surface area contributed by atoms with Crippen molar-refractivity contribution in [3.63, 3.8) is 0 Å². The van der Waals surface area contributed by atoms with Gasteiger partial charge in [-0.25, -0.2) is 0 Å². The van der Waals surface area contributed by atoms with Gasteiger partial charge in [0.1, 0.15) is 23.7 Å². The first-order valence-corrected chi connectivity index (χ1v) is 12.5. The van der Waals surface area contributed by atoms with E-state index in [1.807, 2.05) is 0 Å². The highest BCUT2D eigenvalue weighted by molar-refractivity contribution is 6.08. The van der Waals surface area contributed by atoms with Crippen molar-refractivity contribution in [2.75, 3.05) is 0 Å². The molecule has 0 saturated carbocycles. The van der Waals surface area contributed by atoms with Gasteiger partial charge >= 0.3 is 0 Å². The van der Waals surface area contributed by atoms with Gasteiger partial charge in [-0.1, -0.05) is 12.1 Å². The van der Waals surface area contributed by atoms with Gasteiger partial charge in [0, 0.05) is 6.07 Å². The second kappa shape index (κ2) is 9.41. The zero-order valence-corrected chi connectivity index (χ0v) is 21.3. The van der Waals surface area contributed by atoms with Crippen LogP contribution < -0.4 is 9.47 Å². The molecule has 4 aromatic carbocycles. The number of aromatic hydroxyl groups is 8. The molecule has 6 rings (SSSR count). The molecule has 3 atom stereocenters. The van der Waals surface area contributed by atoms with Crippen LogP contribution >= 0.6 is 0 Å². The van der Waals surface area contributed by atoms with Gasteiger partial charge in [-0.2, -0.15) is 0 Å². The topological polar surface area (TPSA) is 214 Å². The molecule has 2 aliphatic rings. The Balaban J connectivity index is 1.58. The maximum Gasteiger partial charge on any atom is 0.178 e. The fourth-order valence-electron chi connectivity index (χ4n) is 5.29. The maximum absolute atomic E-state index is 14.1. The normalized spacial score (nSPS) is 19.4. The fourth-order valence-corrected chi connectivity index (χ4v) is 5.29. The molecule has 12 nitrogen and oxygen atoms in total. The number of hydrogen-bond acceptors (Lipinski definition) is 12. The lowest BCUT2D eigenvalue weighted by molar-refractivity contribution is 0.0743. The number of benzene rings is 4. The van der Waals surface area contributed by atoms with Gasteiger partial charge in [-0.05, 0) is 47.5 Å². The number of rotatable bonds is 3. The van der Waals surface area contributed by atoms with Gasteiger partial charge < -0.3 is 50.3 Å². The van der Waals surface area contributed by atoms with Crippen molar-refractivity contribution >= 4 is 11.6 Å². The number of hydrogen-bond donors (Lipinski definition) is 8. The van der Waals surface area contributed by atoms with Crippen LogP contribution in [0.15, 0.2) is 54.6 Å². The lowest BCUT2D eigenvalue weighted by Crippen LogP contribution is -2.32. The van der Waals surface area contributed by atoms with E-state index in [9.17, 15) is 50.4 Å². The second-order valence-corrected chi connectivity index (χ2v) is 9.98. The molecule has 0 saturated heterocycles. The van der Waals surface area contributed by atoms with Crippen LogP contribution in [0.4, 0.5) is 0 Å². The third-order valence-corrected chi connectivity index (χ3v) is 7.39. The number of carbonyl (C=O) groups excluding carboxylic acids is 2. The highest BCUT2D eigenvalue weighted by Gasteiger charge is 2.46. The predicted molar refractivity (Wildman–Crippen MR) is 142 cm³/mol. The Kier molecular flexibility index (Phi) is 5.92. The SMILES string of the molecule is O=C1C[C@@H](c2ccc(O)c(O)c2)Oc2c1cc(O)c(O)c2[C@@H]1C(=O)c2cc(O)c(O)cc2O[C@H]1c1ccc(O)c(O)c1. The van der Waals surface area contributed by atoms with Crippen molar-refractivity contribution in [2.24, 2.45) is 0 Å². The summed E-state index contributed by atoms with van der Waals surface area (Å²) in [6, 6.07) is 10.4. The van der Waals surface area contributed by atoms with E-state index >= 15 is 0 Å². The standard InChI is InChI=1S/C30H22O12/c31-15-3-1-11(5-18(15)34)23-9-17(33)13-7-22(38)28(40)26(30(13)41-23)25-27(39)14-8-20(36)21(37)10-24(14)42-29(25)12-2-4-16(32)19(35)6-12/h1-8,10,23,25,29,31-32,34-38,40H,9H2/t23-,25+,29-/m0/s1. The number of fused-ring (bicyclic) bond motifs is 2. The zero-order chi connectivity index (χ0) is 30.0. The van der Waals surface area contributed by atoms with E-state index in [1.54, 1.807) is 0 Å². The molecule has 2 aliphatic heterocycles. The number of Topliss-reactive ketones (excluding diaryl/α,β-unsaturated/α-hetero) is 2. The summed E-state index contributed by atoms with van der Waals surface area (Å²) in [6.45, 7) is 0. The van der Waals surface area contributed by atoms with E-state index in [4.69, 9.17) is 9.47 Å². The quantitative estimate of drug-likeness (QED) is 0.162. The summed E-state index contributed by atoms with van der Waals surface area (Å²) >= 11 is 0. The van der Waals surface area contributed by atoms with Gasteiger partial charge in [0.05, 0.1) is 29.0 Å². The van der Waals surface area contributed by atoms with Gasteiger partial charge in [-0.15, -0.1) is 0 Å². The first-order valence-electron chi connectivity index (χ1n) is 12.5. The molecule has 214 valence electrons. The van der Waals surface area contributed by atoms with E-state index in [2.05, 4.69) is 0 Å². The molecule has 0 aromatic heterocycles. The van der Waals surface area contributed by atoms with Crippen molar-refractivity contribution in [3.05, 3.63) is 82.4 Å². The third-order valence-electron chi connectivity index (χ3n) is 7.39.